The number of rotatable bonds is 6. The minimum absolute atomic E-state index is 0.0193. The number of anilines is 1. The van der Waals surface area contributed by atoms with Gasteiger partial charge < -0.3 is 9.64 Å². The molecule has 0 aliphatic carbocycles. The molecule has 148 valence electrons. The standard InChI is InChI=1S/C19H22N4O4S/c1-3-23(13-9-10-28(25,26)12-13)18-17(14(11-20)19(24)27-4-2)21-15-7-5-6-8-16(15)22-18/h5-8,13-14H,3-4,9-10,12H2,1-2H3. The van der Waals surface area contributed by atoms with E-state index in [1.54, 1.807) is 25.1 Å². The van der Waals surface area contributed by atoms with Crippen LogP contribution < -0.4 is 4.90 Å². The van der Waals surface area contributed by atoms with E-state index in [4.69, 9.17) is 4.74 Å². The first-order chi connectivity index (χ1) is 13.4. The van der Waals surface area contributed by atoms with Crippen LogP contribution >= 0.6 is 0 Å². The van der Waals surface area contributed by atoms with Gasteiger partial charge >= 0.3 is 5.97 Å². The van der Waals surface area contributed by atoms with E-state index < -0.39 is 21.7 Å². The lowest BCUT2D eigenvalue weighted by molar-refractivity contribution is -0.143. The highest BCUT2D eigenvalue weighted by atomic mass is 32.2. The van der Waals surface area contributed by atoms with Gasteiger partial charge in [-0.25, -0.2) is 18.4 Å². The fourth-order valence-electron chi connectivity index (χ4n) is 3.46. The molecule has 1 aromatic heterocycles. The molecular formula is C19H22N4O4S. The monoisotopic (exact) mass is 402 g/mol. The molecule has 2 unspecified atom stereocenters. The molecule has 1 saturated heterocycles. The fourth-order valence-corrected chi connectivity index (χ4v) is 5.19. The molecule has 1 fully saturated rings. The van der Waals surface area contributed by atoms with E-state index in [0.717, 1.165) is 0 Å². The number of hydrogen-bond donors (Lipinski definition) is 0. The summed E-state index contributed by atoms with van der Waals surface area (Å²) in [6, 6.07) is 8.87. The van der Waals surface area contributed by atoms with E-state index in [-0.39, 0.29) is 29.8 Å². The van der Waals surface area contributed by atoms with Gasteiger partial charge in [-0.1, -0.05) is 12.1 Å². The zero-order chi connectivity index (χ0) is 20.3. The SMILES string of the molecule is CCOC(=O)C(C#N)c1nc2ccccc2nc1N(CC)C1CCS(=O)(=O)C1. The number of aromatic nitrogens is 2. The van der Waals surface area contributed by atoms with Crippen molar-refractivity contribution in [1.29, 1.82) is 5.26 Å². The first kappa shape index (κ1) is 20.0. The number of esters is 1. The number of ether oxygens (including phenoxy) is 1. The number of nitriles is 1. The zero-order valence-corrected chi connectivity index (χ0v) is 16.6. The topological polar surface area (TPSA) is 113 Å². The van der Waals surface area contributed by atoms with Crippen molar-refractivity contribution >= 4 is 32.7 Å². The van der Waals surface area contributed by atoms with Crippen LogP contribution in [0.15, 0.2) is 24.3 Å². The Morgan fingerprint density at radius 2 is 2.00 bits per heavy atom. The van der Waals surface area contributed by atoms with Crippen molar-refractivity contribution in [2.45, 2.75) is 32.2 Å². The molecule has 8 nitrogen and oxygen atoms in total. The first-order valence-electron chi connectivity index (χ1n) is 9.20. The van der Waals surface area contributed by atoms with E-state index in [1.807, 2.05) is 24.0 Å². The number of para-hydroxylation sites is 2. The van der Waals surface area contributed by atoms with Crippen LogP contribution in [0.1, 0.15) is 31.9 Å². The van der Waals surface area contributed by atoms with Gasteiger partial charge in [0.15, 0.2) is 21.6 Å². The van der Waals surface area contributed by atoms with E-state index in [0.29, 0.717) is 29.8 Å². The van der Waals surface area contributed by atoms with E-state index in [9.17, 15) is 18.5 Å². The van der Waals surface area contributed by atoms with Gasteiger partial charge in [-0.2, -0.15) is 5.26 Å². The lowest BCUT2D eigenvalue weighted by atomic mass is 10.1. The third-order valence-electron chi connectivity index (χ3n) is 4.76. The molecule has 1 aliphatic heterocycles. The lowest BCUT2D eigenvalue weighted by Gasteiger charge is -2.30. The summed E-state index contributed by atoms with van der Waals surface area (Å²) in [7, 11) is -3.11. The molecule has 1 aliphatic rings. The Morgan fingerprint density at radius 1 is 1.32 bits per heavy atom. The summed E-state index contributed by atoms with van der Waals surface area (Å²) >= 11 is 0. The predicted molar refractivity (Wildman–Crippen MR) is 105 cm³/mol. The third-order valence-corrected chi connectivity index (χ3v) is 6.52. The van der Waals surface area contributed by atoms with Gasteiger partial charge in [0, 0.05) is 12.6 Å². The third kappa shape index (κ3) is 3.92. The molecule has 0 N–H and O–H groups in total. The Morgan fingerprint density at radius 3 is 2.54 bits per heavy atom. The summed E-state index contributed by atoms with van der Waals surface area (Å²) in [5.74, 6) is -1.43. The smallest absolute Gasteiger partial charge is 0.329 e. The van der Waals surface area contributed by atoms with Crippen LogP contribution in [0.25, 0.3) is 11.0 Å². The Balaban J connectivity index is 2.15. The maximum atomic E-state index is 12.4. The van der Waals surface area contributed by atoms with Crippen molar-refractivity contribution in [3.8, 4) is 6.07 Å². The Bertz CT molecular complexity index is 1030. The highest BCUT2D eigenvalue weighted by Gasteiger charge is 2.36. The molecule has 28 heavy (non-hydrogen) atoms. The molecule has 0 spiro atoms. The van der Waals surface area contributed by atoms with Gasteiger partial charge in [0.2, 0.25) is 0 Å². The Kier molecular flexibility index (Phi) is 5.79. The second-order valence-electron chi connectivity index (χ2n) is 6.58. The molecule has 9 heteroatoms. The van der Waals surface area contributed by atoms with Crippen molar-refractivity contribution in [2.24, 2.45) is 0 Å². The second-order valence-corrected chi connectivity index (χ2v) is 8.81. The summed E-state index contributed by atoms with van der Waals surface area (Å²) in [5.41, 5.74) is 1.37. The summed E-state index contributed by atoms with van der Waals surface area (Å²) in [6.07, 6.45) is 0.473. The van der Waals surface area contributed by atoms with Gasteiger partial charge in [-0.3, -0.25) is 4.79 Å². The molecule has 2 heterocycles. The average molecular weight is 402 g/mol. The fraction of sp³-hybridized carbons (Fsp3) is 0.474. The average Bonchev–Trinajstić information content (AvgIpc) is 3.03. The number of sulfone groups is 1. The van der Waals surface area contributed by atoms with Gasteiger partial charge in [-0.15, -0.1) is 0 Å². The quantitative estimate of drug-likeness (QED) is 0.672. The number of carbonyl (C=O) groups is 1. The Labute approximate surface area is 164 Å². The van der Waals surface area contributed by atoms with Gasteiger partial charge in [0.05, 0.1) is 35.2 Å². The van der Waals surface area contributed by atoms with Crippen molar-refractivity contribution < 1.29 is 17.9 Å². The molecule has 1 aromatic carbocycles. The molecule has 2 aromatic rings. The second kappa shape index (κ2) is 8.10. The molecule has 0 radical (unpaired) electrons. The summed E-state index contributed by atoms with van der Waals surface area (Å²) in [4.78, 5) is 23.4. The molecule has 3 rings (SSSR count). The zero-order valence-electron chi connectivity index (χ0n) is 15.8. The van der Waals surface area contributed by atoms with Gasteiger partial charge in [-0.05, 0) is 32.4 Å². The van der Waals surface area contributed by atoms with Crippen LogP contribution in [0.5, 0.6) is 0 Å². The van der Waals surface area contributed by atoms with Crippen LogP contribution in [0.2, 0.25) is 0 Å². The van der Waals surface area contributed by atoms with Crippen molar-refractivity contribution in [2.75, 3.05) is 29.6 Å². The first-order valence-corrected chi connectivity index (χ1v) is 11.0. The highest BCUT2D eigenvalue weighted by Crippen LogP contribution is 2.31. The molecule has 0 bridgehead atoms. The Hall–Kier alpha value is -2.73. The predicted octanol–water partition coefficient (Wildman–Crippen LogP) is 1.81. The van der Waals surface area contributed by atoms with Crippen LogP contribution in [0, 0.1) is 11.3 Å². The van der Waals surface area contributed by atoms with Crippen molar-refractivity contribution in [3.63, 3.8) is 0 Å². The number of hydrogen-bond acceptors (Lipinski definition) is 8. The highest BCUT2D eigenvalue weighted by molar-refractivity contribution is 7.91. The molecule has 0 amide bonds. The van der Waals surface area contributed by atoms with Crippen LogP contribution in [0.4, 0.5) is 5.82 Å². The van der Waals surface area contributed by atoms with Crippen LogP contribution in [0.3, 0.4) is 0 Å². The maximum Gasteiger partial charge on any atom is 0.329 e. The van der Waals surface area contributed by atoms with Crippen molar-refractivity contribution in [1.82, 2.24) is 9.97 Å². The maximum absolute atomic E-state index is 12.4. The number of benzene rings is 1. The molecule has 2 atom stereocenters. The number of carbonyl (C=O) groups excluding carboxylic acids is 1. The summed E-state index contributed by atoms with van der Waals surface area (Å²) < 4.78 is 29.0. The lowest BCUT2D eigenvalue weighted by Crippen LogP contribution is -2.38. The summed E-state index contributed by atoms with van der Waals surface area (Å²) in [6.45, 7) is 4.17. The van der Waals surface area contributed by atoms with Crippen molar-refractivity contribution in [3.05, 3.63) is 30.0 Å². The number of fused-ring (bicyclic) bond motifs is 1. The van der Waals surface area contributed by atoms with E-state index >= 15 is 0 Å². The minimum Gasteiger partial charge on any atom is -0.465 e. The molecular weight excluding hydrogens is 380 g/mol. The van der Waals surface area contributed by atoms with E-state index in [2.05, 4.69) is 9.97 Å². The van der Waals surface area contributed by atoms with Crippen LogP contribution in [-0.4, -0.2) is 55.1 Å². The van der Waals surface area contributed by atoms with Gasteiger partial charge in [0.1, 0.15) is 5.69 Å². The number of nitrogens with zero attached hydrogens (tertiary/aromatic N) is 4. The summed E-state index contributed by atoms with van der Waals surface area (Å²) in [5, 5.41) is 9.64. The molecule has 0 saturated carbocycles. The van der Waals surface area contributed by atoms with Gasteiger partial charge in [0.25, 0.3) is 0 Å². The largest absolute Gasteiger partial charge is 0.465 e. The van der Waals surface area contributed by atoms with E-state index in [1.165, 1.54) is 0 Å². The normalized spacial score (nSPS) is 19.1. The minimum atomic E-state index is -3.11. The van der Waals surface area contributed by atoms with Crippen LogP contribution in [-0.2, 0) is 19.4 Å².